The fourth-order valence-corrected chi connectivity index (χ4v) is 2.87. The van der Waals surface area contributed by atoms with Gasteiger partial charge in [-0.05, 0) is 39.5 Å². The van der Waals surface area contributed by atoms with Crippen molar-refractivity contribution in [3.8, 4) is 0 Å². The van der Waals surface area contributed by atoms with E-state index in [0.29, 0.717) is 18.0 Å². The maximum atomic E-state index is 6.47. The molecule has 2 unspecified atom stereocenters. The van der Waals surface area contributed by atoms with Gasteiger partial charge in [-0.1, -0.05) is 26.7 Å². The number of hydrogen-bond donors (Lipinski definition) is 1. The van der Waals surface area contributed by atoms with E-state index in [2.05, 4.69) is 37.7 Å². The average Bonchev–Trinajstić information content (AvgIpc) is 2.42. The van der Waals surface area contributed by atoms with Crippen LogP contribution in [0.4, 0.5) is 0 Å². The van der Waals surface area contributed by atoms with Crippen molar-refractivity contribution in [3.63, 3.8) is 0 Å². The van der Waals surface area contributed by atoms with Crippen LogP contribution in [-0.2, 0) is 0 Å². The van der Waals surface area contributed by atoms with Crippen molar-refractivity contribution >= 4 is 0 Å². The zero-order valence-corrected chi connectivity index (χ0v) is 11.4. The minimum Gasteiger partial charge on any atom is -0.326 e. The van der Waals surface area contributed by atoms with Crippen LogP contribution in [-0.4, -0.2) is 55.6 Å². The lowest BCUT2D eigenvalue weighted by Gasteiger charge is -2.36. The monoisotopic (exact) mass is 227 g/mol. The molecule has 0 aliphatic carbocycles. The molecule has 0 saturated carbocycles. The predicted molar refractivity (Wildman–Crippen MR) is 70.6 cm³/mol. The molecule has 2 N–H and O–H groups in total. The summed E-state index contributed by atoms with van der Waals surface area (Å²) in [5.41, 5.74) is 6.47. The standard InChI is InChI=1S/C13H29N3/c1-5-11(6-2)13(14)12-10-15(3)8-7-9-16(12)4/h11-13H,5-10,14H2,1-4H3. The Morgan fingerprint density at radius 1 is 1.19 bits per heavy atom. The van der Waals surface area contributed by atoms with E-state index < -0.39 is 0 Å². The van der Waals surface area contributed by atoms with Crippen molar-refractivity contribution in [1.29, 1.82) is 0 Å². The van der Waals surface area contributed by atoms with E-state index in [4.69, 9.17) is 5.73 Å². The molecule has 1 aliphatic rings. The van der Waals surface area contributed by atoms with Gasteiger partial charge in [-0.25, -0.2) is 0 Å². The molecule has 0 amide bonds. The van der Waals surface area contributed by atoms with Crippen molar-refractivity contribution in [2.45, 2.75) is 45.2 Å². The van der Waals surface area contributed by atoms with E-state index in [1.54, 1.807) is 0 Å². The summed E-state index contributed by atoms with van der Waals surface area (Å²) in [5, 5.41) is 0. The number of hydrogen-bond acceptors (Lipinski definition) is 3. The van der Waals surface area contributed by atoms with E-state index >= 15 is 0 Å². The SMILES string of the molecule is CCC(CC)C(N)C1CN(C)CCCN1C. The first kappa shape index (κ1) is 13.9. The van der Waals surface area contributed by atoms with Crippen LogP contribution in [0.15, 0.2) is 0 Å². The van der Waals surface area contributed by atoms with E-state index in [9.17, 15) is 0 Å². The smallest absolute Gasteiger partial charge is 0.0373 e. The third kappa shape index (κ3) is 3.44. The first-order valence-corrected chi connectivity index (χ1v) is 6.74. The number of nitrogens with two attached hydrogens (primary N) is 1. The molecule has 3 nitrogen and oxygen atoms in total. The van der Waals surface area contributed by atoms with E-state index in [1.165, 1.54) is 32.4 Å². The summed E-state index contributed by atoms with van der Waals surface area (Å²) in [6.07, 6.45) is 3.66. The van der Waals surface area contributed by atoms with Crippen molar-refractivity contribution < 1.29 is 0 Å². The van der Waals surface area contributed by atoms with Gasteiger partial charge in [-0.3, -0.25) is 0 Å². The van der Waals surface area contributed by atoms with Crippen molar-refractivity contribution in [3.05, 3.63) is 0 Å². The largest absolute Gasteiger partial charge is 0.326 e. The van der Waals surface area contributed by atoms with E-state index in [-0.39, 0.29) is 0 Å². The maximum absolute atomic E-state index is 6.47. The lowest BCUT2D eigenvalue weighted by Crippen LogP contribution is -2.53. The number of rotatable bonds is 4. The highest BCUT2D eigenvalue weighted by molar-refractivity contribution is 4.88. The van der Waals surface area contributed by atoms with Crippen LogP contribution in [0.25, 0.3) is 0 Å². The molecule has 1 aliphatic heterocycles. The Morgan fingerprint density at radius 2 is 1.81 bits per heavy atom. The number of nitrogens with zero attached hydrogens (tertiary/aromatic N) is 2. The van der Waals surface area contributed by atoms with Crippen LogP contribution in [0, 0.1) is 5.92 Å². The first-order valence-electron chi connectivity index (χ1n) is 6.74. The molecule has 0 bridgehead atoms. The summed E-state index contributed by atoms with van der Waals surface area (Å²) in [6, 6.07) is 0.845. The van der Waals surface area contributed by atoms with Crippen LogP contribution in [0.2, 0.25) is 0 Å². The Bertz CT molecular complexity index is 192. The second kappa shape index (κ2) is 6.58. The maximum Gasteiger partial charge on any atom is 0.0373 e. The fraction of sp³-hybridized carbons (Fsp3) is 1.00. The second-order valence-electron chi connectivity index (χ2n) is 5.32. The molecule has 0 spiro atoms. The molecule has 1 rings (SSSR count). The summed E-state index contributed by atoms with van der Waals surface area (Å²) in [5.74, 6) is 0.666. The molecule has 0 radical (unpaired) electrons. The third-order valence-corrected chi connectivity index (χ3v) is 4.15. The normalized spacial score (nSPS) is 27.0. The molecule has 3 heteroatoms. The Kier molecular flexibility index (Phi) is 5.73. The highest BCUT2D eigenvalue weighted by Crippen LogP contribution is 2.19. The highest BCUT2D eigenvalue weighted by atomic mass is 15.2. The van der Waals surface area contributed by atoms with Gasteiger partial charge in [0.15, 0.2) is 0 Å². The molecular weight excluding hydrogens is 198 g/mol. The predicted octanol–water partition coefficient (Wildman–Crippen LogP) is 1.39. The van der Waals surface area contributed by atoms with Crippen molar-refractivity contribution in [2.75, 3.05) is 33.7 Å². The fourth-order valence-electron chi connectivity index (χ4n) is 2.87. The summed E-state index contributed by atoms with van der Waals surface area (Å²) in [6.45, 7) is 8.02. The minimum atomic E-state index is 0.320. The Balaban J connectivity index is 2.66. The molecule has 16 heavy (non-hydrogen) atoms. The van der Waals surface area contributed by atoms with Crippen molar-refractivity contribution in [1.82, 2.24) is 9.80 Å². The highest BCUT2D eigenvalue weighted by Gasteiger charge is 2.29. The molecule has 0 aromatic rings. The third-order valence-electron chi connectivity index (χ3n) is 4.15. The van der Waals surface area contributed by atoms with Gasteiger partial charge >= 0.3 is 0 Å². The molecule has 0 aromatic heterocycles. The molecule has 1 fully saturated rings. The van der Waals surface area contributed by atoms with Gasteiger partial charge in [0.1, 0.15) is 0 Å². The minimum absolute atomic E-state index is 0.320. The zero-order valence-electron chi connectivity index (χ0n) is 11.4. The summed E-state index contributed by atoms with van der Waals surface area (Å²) in [4.78, 5) is 4.89. The summed E-state index contributed by atoms with van der Waals surface area (Å²) >= 11 is 0. The van der Waals surface area contributed by atoms with Crippen molar-refractivity contribution in [2.24, 2.45) is 11.7 Å². The van der Waals surface area contributed by atoms with Crippen LogP contribution in [0.1, 0.15) is 33.1 Å². The zero-order chi connectivity index (χ0) is 12.1. The molecule has 0 aromatic carbocycles. The topological polar surface area (TPSA) is 32.5 Å². The Morgan fingerprint density at radius 3 is 2.38 bits per heavy atom. The molecule has 2 atom stereocenters. The van der Waals surface area contributed by atoms with Gasteiger partial charge in [0.05, 0.1) is 0 Å². The lowest BCUT2D eigenvalue weighted by atomic mass is 9.89. The summed E-state index contributed by atoms with van der Waals surface area (Å²) in [7, 11) is 4.44. The van der Waals surface area contributed by atoms with Gasteiger partial charge in [-0.15, -0.1) is 0 Å². The van der Waals surface area contributed by atoms with Gasteiger partial charge in [0, 0.05) is 18.6 Å². The average molecular weight is 227 g/mol. The van der Waals surface area contributed by atoms with Gasteiger partial charge in [0.2, 0.25) is 0 Å². The first-order chi connectivity index (χ1) is 7.60. The Labute approximate surface area is 101 Å². The van der Waals surface area contributed by atoms with Crippen LogP contribution in [0.3, 0.4) is 0 Å². The van der Waals surface area contributed by atoms with Gasteiger partial charge in [0.25, 0.3) is 0 Å². The molecule has 96 valence electrons. The van der Waals surface area contributed by atoms with Crippen LogP contribution >= 0.6 is 0 Å². The quantitative estimate of drug-likeness (QED) is 0.788. The molecule has 1 heterocycles. The second-order valence-corrected chi connectivity index (χ2v) is 5.32. The molecule has 1 saturated heterocycles. The molecular formula is C13H29N3. The number of likely N-dealkylation sites (N-methyl/N-ethyl adjacent to an activating group) is 2. The lowest BCUT2D eigenvalue weighted by molar-refractivity contribution is 0.161. The van der Waals surface area contributed by atoms with Crippen LogP contribution < -0.4 is 5.73 Å². The van der Waals surface area contributed by atoms with Gasteiger partial charge in [-0.2, -0.15) is 0 Å². The summed E-state index contributed by atoms with van der Waals surface area (Å²) < 4.78 is 0. The van der Waals surface area contributed by atoms with E-state index in [0.717, 1.165) is 6.54 Å². The van der Waals surface area contributed by atoms with Gasteiger partial charge < -0.3 is 15.5 Å². The van der Waals surface area contributed by atoms with Crippen LogP contribution in [0.5, 0.6) is 0 Å². The van der Waals surface area contributed by atoms with E-state index in [1.807, 2.05) is 0 Å². The Hall–Kier alpha value is -0.120.